The molecule has 74 valence electrons. The fourth-order valence-corrected chi connectivity index (χ4v) is 1.95. The summed E-state index contributed by atoms with van der Waals surface area (Å²) in [6.07, 6.45) is 0. The van der Waals surface area contributed by atoms with Crippen LogP contribution >= 0.6 is 15.9 Å². The lowest BCUT2D eigenvalue weighted by molar-refractivity contribution is 0.473. The highest BCUT2D eigenvalue weighted by molar-refractivity contribution is 9.10. The number of aromatic hydroxyl groups is 1. The van der Waals surface area contributed by atoms with Crippen LogP contribution in [0.3, 0.4) is 0 Å². The number of hydrogen-bond acceptors (Lipinski definition) is 1. The first-order valence-electron chi connectivity index (χ1n) is 4.59. The minimum absolute atomic E-state index is 0.284. The van der Waals surface area contributed by atoms with E-state index in [1.165, 1.54) is 5.69 Å². The highest BCUT2D eigenvalue weighted by Crippen LogP contribution is 2.33. The maximum absolute atomic E-state index is 9.50. The second-order valence-electron chi connectivity index (χ2n) is 3.74. The first-order valence-corrected chi connectivity index (χ1v) is 5.39. The van der Waals surface area contributed by atoms with Crippen LogP contribution in [-0.4, -0.2) is 10.1 Å². The molecule has 0 bridgehead atoms. The Morgan fingerprint density at radius 2 is 2.07 bits per heavy atom. The Kier molecular flexibility index (Phi) is 2.27. The third-order valence-corrected chi connectivity index (χ3v) is 3.19. The van der Waals surface area contributed by atoms with Gasteiger partial charge in [-0.15, -0.1) is 0 Å². The molecule has 0 unspecified atom stereocenters. The molecule has 0 amide bonds. The summed E-state index contributed by atoms with van der Waals surface area (Å²) in [7, 11) is 0. The summed E-state index contributed by atoms with van der Waals surface area (Å²) >= 11 is 3.37. The Labute approximate surface area is 91.1 Å². The molecule has 2 rings (SSSR count). The quantitative estimate of drug-likeness (QED) is 0.798. The molecule has 0 aliphatic carbocycles. The van der Waals surface area contributed by atoms with Crippen molar-refractivity contribution in [1.29, 1.82) is 0 Å². The molecule has 0 saturated heterocycles. The second kappa shape index (κ2) is 3.31. The van der Waals surface area contributed by atoms with E-state index in [2.05, 4.69) is 40.8 Å². The molecule has 0 saturated carbocycles. The van der Waals surface area contributed by atoms with E-state index in [1.54, 1.807) is 6.07 Å². The zero-order chi connectivity index (χ0) is 10.3. The maximum Gasteiger partial charge on any atom is 0.130 e. The van der Waals surface area contributed by atoms with E-state index < -0.39 is 0 Å². The number of fused-ring (bicyclic) bond motifs is 1. The van der Waals surface area contributed by atoms with Crippen molar-refractivity contribution < 1.29 is 5.11 Å². The van der Waals surface area contributed by atoms with Crippen LogP contribution in [-0.2, 0) is 0 Å². The molecule has 3 heteroatoms. The van der Waals surface area contributed by atoms with Crippen molar-refractivity contribution in [3.8, 4) is 5.75 Å². The molecular weight excluding hydrogens is 242 g/mol. The highest BCUT2D eigenvalue weighted by atomic mass is 79.9. The molecule has 2 nitrogen and oxygen atoms in total. The van der Waals surface area contributed by atoms with Crippen LogP contribution in [0.25, 0.3) is 10.9 Å². The lowest BCUT2D eigenvalue weighted by atomic mass is 10.1. The van der Waals surface area contributed by atoms with E-state index in [9.17, 15) is 5.11 Å². The van der Waals surface area contributed by atoms with Crippen molar-refractivity contribution in [2.24, 2.45) is 0 Å². The predicted molar refractivity (Wildman–Crippen MR) is 61.8 cm³/mol. The third kappa shape index (κ3) is 1.42. The average molecular weight is 254 g/mol. The molecule has 1 heterocycles. The molecular formula is C11H12BrNO. The molecule has 1 aromatic heterocycles. The molecule has 0 fully saturated rings. The van der Waals surface area contributed by atoms with Gasteiger partial charge < -0.3 is 10.1 Å². The molecule has 0 aliphatic rings. The minimum atomic E-state index is 0.284. The van der Waals surface area contributed by atoms with Gasteiger partial charge in [-0.25, -0.2) is 0 Å². The lowest BCUT2D eigenvalue weighted by Crippen LogP contribution is -1.84. The number of rotatable bonds is 1. The van der Waals surface area contributed by atoms with Crippen LogP contribution in [0.5, 0.6) is 5.75 Å². The standard InChI is InChI=1S/C11H12BrNO/c1-6(2)9-5-7-8(13-9)3-4-10(14)11(7)12/h3-6,13-14H,1-2H3. The van der Waals surface area contributed by atoms with Crippen molar-refractivity contribution in [3.05, 3.63) is 28.4 Å². The van der Waals surface area contributed by atoms with Gasteiger partial charge in [-0.3, -0.25) is 0 Å². The summed E-state index contributed by atoms with van der Waals surface area (Å²) in [4.78, 5) is 3.32. The number of benzene rings is 1. The summed E-state index contributed by atoms with van der Waals surface area (Å²) < 4.78 is 0.762. The van der Waals surface area contributed by atoms with Crippen molar-refractivity contribution in [2.75, 3.05) is 0 Å². The van der Waals surface area contributed by atoms with Gasteiger partial charge >= 0.3 is 0 Å². The van der Waals surface area contributed by atoms with E-state index in [-0.39, 0.29) is 5.75 Å². The van der Waals surface area contributed by atoms with Gasteiger partial charge in [0.2, 0.25) is 0 Å². The summed E-state index contributed by atoms with van der Waals surface area (Å²) in [5.74, 6) is 0.753. The normalized spacial score (nSPS) is 11.4. The van der Waals surface area contributed by atoms with Gasteiger partial charge in [-0.2, -0.15) is 0 Å². The van der Waals surface area contributed by atoms with Crippen molar-refractivity contribution in [2.45, 2.75) is 19.8 Å². The molecule has 2 aromatic rings. The zero-order valence-corrected chi connectivity index (χ0v) is 9.72. The molecule has 2 N–H and O–H groups in total. The van der Waals surface area contributed by atoms with Crippen LogP contribution in [0.4, 0.5) is 0 Å². The number of halogens is 1. The van der Waals surface area contributed by atoms with Gasteiger partial charge in [0, 0.05) is 16.6 Å². The SMILES string of the molecule is CC(C)c1cc2c(Br)c(O)ccc2[nH]1. The summed E-state index contributed by atoms with van der Waals surface area (Å²) in [5.41, 5.74) is 2.24. The van der Waals surface area contributed by atoms with E-state index in [4.69, 9.17) is 0 Å². The van der Waals surface area contributed by atoms with Crippen LogP contribution in [0.2, 0.25) is 0 Å². The molecule has 0 spiro atoms. The molecule has 0 atom stereocenters. The number of nitrogens with one attached hydrogen (secondary N) is 1. The number of hydrogen-bond donors (Lipinski definition) is 2. The molecule has 1 aromatic carbocycles. The Morgan fingerprint density at radius 3 is 2.71 bits per heavy atom. The predicted octanol–water partition coefficient (Wildman–Crippen LogP) is 3.76. The Balaban J connectivity index is 2.71. The van der Waals surface area contributed by atoms with Crippen molar-refractivity contribution in [1.82, 2.24) is 4.98 Å². The highest BCUT2D eigenvalue weighted by Gasteiger charge is 2.09. The van der Waals surface area contributed by atoms with Gasteiger partial charge in [0.25, 0.3) is 0 Å². The second-order valence-corrected chi connectivity index (χ2v) is 4.53. The van der Waals surface area contributed by atoms with Crippen LogP contribution in [0.1, 0.15) is 25.5 Å². The fraction of sp³-hybridized carbons (Fsp3) is 0.273. The van der Waals surface area contributed by atoms with Crippen LogP contribution in [0, 0.1) is 0 Å². The van der Waals surface area contributed by atoms with Gasteiger partial charge in [0.1, 0.15) is 5.75 Å². The van der Waals surface area contributed by atoms with Gasteiger partial charge in [0.15, 0.2) is 0 Å². The summed E-state index contributed by atoms with van der Waals surface area (Å²) in [6.45, 7) is 4.27. The van der Waals surface area contributed by atoms with E-state index in [1.807, 2.05) is 6.07 Å². The number of phenols is 1. The lowest BCUT2D eigenvalue weighted by Gasteiger charge is -1.97. The van der Waals surface area contributed by atoms with Gasteiger partial charge in [-0.1, -0.05) is 13.8 Å². The van der Waals surface area contributed by atoms with E-state index in [0.29, 0.717) is 5.92 Å². The topological polar surface area (TPSA) is 36.0 Å². The maximum atomic E-state index is 9.50. The Hall–Kier alpha value is -0.960. The van der Waals surface area contributed by atoms with Crippen LogP contribution < -0.4 is 0 Å². The zero-order valence-electron chi connectivity index (χ0n) is 8.13. The number of aromatic amines is 1. The first kappa shape index (κ1) is 9.59. The number of aromatic nitrogens is 1. The largest absolute Gasteiger partial charge is 0.507 e. The smallest absolute Gasteiger partial charge is 0.130 e. The van der Waals surface area contributed by atoms with Crippen molar-refractivity contribution in [3.63, 3.8) is 0 Å². The van der Waals surface area contributed by atoms with Gasteiger partial charge in [-0.05, 0) is 40.0 Å². The average Bonchev–Trinajstić information content (AvgIpc) is 2.56. The number of H-pyrrole nitrogens is 1. The Morgan fingerprint density at radius 1 is 1.36 bits per heavy atom. The fourth-order valence-electron chi connectivity index (χ4n) is 1.49. The van der Waals surface area contributed by atoms with E-state index >= 15 is 0 Å². The minimum Gasteiger partial charge on any atom is -0.507 e. The van der Waals surface area contributed by atoms with Crippen LogP contribution in [0.15, 0.2) is 22.7 Å². The first-order chi connectivity index (χ1) is 6.59. The molecule has 0 aliphatic heterocycles. The summed E-state index contributed by atoms with van der Waals surface area (Å²) in [5, 5.41) is 10.5. The summed E-state index contributed by atoms with van der Waals surface area (Å²) in [6, 6.07) is 5.65. The van der Waals surface area contributed by atoms with Gasteiger partial charge in [0.05, 0.1) is 4.47 Å². The third-order valence-electron chi connectivity index (χ3n) is 2.36. The van der Waals surface area contributed by atoms with E-state index in [0.717, 1.165) is 15.4 Å². The number of phenolic OH excluding ortho intramolecular Hbond substituents is 1. The molecule has 0 radical (unpaired) electrons. The Bertz CT molecular complexity index is 473. The molecule has 14 heavy (non-hydrogen) atoms. The van der Waals surface area contributed by atoms with Crippen molar-refractivity contribution >= 4 is 26.8 Å². The monoisotopic (exact) mass is 253 g/mol.